The Morgan fingerprint density at radius 3 is 2.38 bits per heavy atom. The molecule has 1 amide bonds. The average molecular weight is 431 g/mol. The van der Waals surface area contributed by atoms with Gasteiger partial charge in [0.25, 0.3) is 0 Å². The Labute approximate surface area is 187 Å². The van der Waals surface area contributed by atoms with Gasteiger partial charge in [-0.1, -0.05) is 45.0 Å². The van der Waals surface area contributed by atoms with Gasteiger partial charge in [0.2, 0.25) is 11.7 Å². The minimum absolute atomic E-state index is 0.118. The molecule has 32 heavy (non-hydrogen) atoms. The molecule has 0 fully saturated rings. The molecule has 0 aliphatic rings. The molecule has 6 nitrogen and oxygen atoms in total. The Morgan fingerprint density at radius 2 is 1.69 bits per heavy atom. The summed E-state index contributed by atoms with van der Waals surface area (Å²) in [4.78, 5) is 41.3. The number of anilines is 1. The van der Waals surface area contributed by atoms with E-state index < -0.39 is 17.5 Å². The third kappa shape index (κ3) is 5.66. The number of ketones is 1. The molecular formula is C26H26N2O4. The number of para-hydroxylation sites is 1. The number of fused-ring (bicyclic) bond motifs is 1. The lowest BCUT2D eigenvalue weighted by atomic mass is 9.95. The third-order valence-corrected chi connectivity index (χ3v) is 4.83. The first-order chi connectivity index (χ1) is 15.1. The predicted octanol–water partition coefficient (Wildman–Crippen LogP) is 5.05. The van der Waals surface area contributed by atoms with E-state index in [1.165, 1.54) is 13.0 Å². The van der Waals surface area contributed by atoms with Crippen LogP contribution in [-0.2, 0) is 14.3 Å². The molecule has 1 N–H and O–H groups in total. The molecule has 1 aromatic heterocycles. The molecule has 0 saturated heterocycles. The summed E-state index contributed by atoms with van der Waals surface area (Å²) in [7, 11) is 0. The van der Waals surface area contributed by atoms with Crippen molar-refractivity contribution in [2.45, 2.75) is 33.8 Å². The molecule has 1 heterocycles. The molecule has 164 valence electrons. The van der Waals surface area contributed by atoms with Crippen molar-refractivity contribution >= 4 is 40.3 Å². The van der Waals surface area contributed by atoms with Crippen LogP contribution in [0, 0.1) is 5.41 Å². The molecule has 6 heteroatoms. The molecule has 3 rings (SSSR count). The maximum Gasteiger partial charge on any atom is 0.331 e. The number of carbonyl (C=O) groups excluding carboxylic acids is 3. The maximum absolute atomic E-state index is 12.6. The van der Waals surface area contributed by atoms with Gasteiger partial charge in [-0.25, -0.2) is 4.79 Å². The van der Waals surface area contributed by atoms with E-state index in [-0.39, 0.29) is 11.7 Å². The summed E-state index contributed by atoms with van der Waals surface area (Å²) in [6, 6.07) is 16.0. The molecule has 1 atom stereocenters. The second-order valence-electron chi connectivity index (χ2n) is 8.48. The monoisotopic (exact) mass is 430 g/mol. The Bertz CT molecular complexity index is 1170. The lowest BCUT2D eigenvalue weighted by molar-refractivity contribution is -0.140. The zero-order valence-corrected chi connectivity index (χ0v) is 18.6. The Kier molecular flexibility index (Phi) is 6.83. The molecule has 3 aromatic rings. The largest absolute Gasteiger partial charge is 0.451 e. The normalized spacial score (nSPS) is 12.5. The number of amides is 1. The second-order valence-corrected chi connectivity index (χ2v) is 8.48. The number of nitrogens with one attached hydrogen (secondary N) is 1. The van der Waals surface area contributed by atoms with Crippen LogP contribution in [0.15, 0.2) is 66.9 Å². The lowest BCUT2D eigenvalue weighted by Gasteiger charge is -2.18. The molecule has 0 saturated carbocycles. The van der Waals surface area contributed by atoms with Crippen molar-refractivity contribution in [2.24, 2.45) is 5.41 Å². The average Bonchev–Trinajstić information content (AvgIpc) is 2.77. The van der Waals surface area contributed by atoms with E-state index in [0.29, 0.717) is 11.3 Å². The highest BCUT2D eigenvalue weighted by Gasteiger charge is 2.22. The van der Waals surface area contributed by atoms with Crippen molar-refractivity contribution in [3.8, 4) is 0 Å². The highest BCUT2D eigenvalue weighted by molar-refractivity contribution is 6.02. The van der Waals surface area contributed by atoms with Gasteiger partial charge in [-0.05, 0) is 43.3 Å². The van der Waals surface area contributed by atoms with E-state index in [4.69, 9.17) is 4.74 Å². The van der Waals surface area contributed by atoms with Gasteiger partial charge in [-0.15, -0.1) is 0 Å². The van der Waals surface area contributed by atoms with Crippen molar-refractivity contribution in [2.75, 3.05) is 5.32 Å². The van der Waals surface area contributed by atoms with Crippen LogP contribution in [0.4, 0.5) is 5.69 Å². The minimum Gasteiger partial charge on any atom is -0.451 e. The second kappa shape index (κ2) is 9.56. The van der Waals surface area contributed by atoms with Crippen molar-refractivity contribution in [3.63, 3.8) is 0 Å². The summed E-state index contributed by atoms with van der Waals surface area (Å²) in [5.74, 6) is -1.06. The summed E-state index contributed by atoms with van der Waals surface area (Å²) in [6.07, 6.45) is 3.66. The fourth-order valence-electron chi connectivity index (χ4n) is 2.96. The van der Waals surface area contributed by atoms with Crippen LogP contribution in [0.1, 0.15) is 43.6 Å². The van der Waals surface area contributed by atoms with Crippen molar-refractivity contribution in [1.29, 1.82) is 0 Å². The summed E-state index contributed by atoms with van der Waals surface area (Å²) in [5, 5.41) is 3.77. The van der Waals surface area contributed by atoms with Gasteiger partial charge >= 0.3 is 5.97 Å². The fourth-order valence-corrected chi connectivity index (χ4v) is 2.96. The zero-order valence-electron chi connectivity index (χ0n) is 18.6. The first-order valence-electron chi connectivity index (χ1n) is 10.3. The van der Waals surface area contributed by atoms with E-state index in [9.17, 15) is 14.4 Å². The molecule has 0 bridgehead atoms. The highest BCUT2D eigenvalue weighted by atomic mass is 16.5. The van der Waals surface area contributed by atoms with Crippen molar-refractivity contribution in [3.05, 3.63) is 78.0 Å². The Morgan fingerprint density at radius 1 is 1.00 bits per heavy atom. The topological polar surface area (TPSA) is 85.4 Å². The van der Waals surface area contributed by atoms with Gasteiger partial charge in [0, 0.05) is 39.9 Å². The van der Waals surface area contributed by atoms with E-state index in [0.717, 1.165) is 16.5 Å². The van der Waals surface area contributed by atoms with Gasteiger partial charge in [-0.3, -0.25) is 14.6 Å². The van der Waals surface area contributed by atoms with Crippen LogP contribution >= 0.6 is 0 Å². The number of ether oxygens (including phenoxy) is 1. The smallest absolute Gasteiger partial charge is 0.331 e. The van der Waals surface area contributed by atoms with Crippen molar-refractivity contribution < 1.29 is 19.1 Å². The zero-order chi connectivity index (χ0) is 23.3. The van der Waals surface area contributed by atoms with Crippen molar-refractivity contribution in [1.82, 2.24) is 4.98 Å². The van der Waals surface area contributed by atoms with E-state index in [2.05, 4.69) is 10.3 Å². The van der Waals surface area contributed by atoms with Crippen LogP contribution in [-0.4, -0.2) is 28.7 Å². The number of hydrogen-bond donors (Lipinski definition) is 1. The number of pyridine rings is 1. The van der Waals surface area contributed by atoms with Gasteiger partial charge in [0.05, 0.1) is 5.52 Å². The van der Waals surface area contributed by atoms with Gasteiger partial charge in [0.15, 0.2) is 6.10 Å². The van der Waals surface area contributed by atoms with Gasteiger partial charge in [-0.2, -0.15) is 0 Å². The summed E-state index contributed by atoms with van der Waals surface area (Å²) in [6.45, 7) is 6.99. The quantitative estimate of drug-likeness (QED) is 0.336. The third-order valence-electron chi connectivity index (χ3n) is 4.83. The van der Waals surface area contributed by atoms with Gasteiger partial charge in [0.1, 0.15) is 0 Å². The first kappa shape index (κ1) is 22.9. The molecule has 0 radical (unpaired) electrons. The van der Waals surface area contributed by atoms with E-state index in [1.807, 2.05) is 51.1 Å². The molecule has 0 aliphatic carbocycles. The fraction of sp³-hybridized carbons (Fsp3) is 0.231. The Hall–Kier alpha value is -3.80. The van der Waals surface area contributed by atoms with Crippen LogP contribution in [0.3, 0.4) is 0 Å². The van der Waals surface area contributed by atoms with Gasteiger partial charge < -0.3 is 10.1 Å². The highest BCUT2D eigenvalue weighted by Crippen LogP contribution is 2.19. The SMILES string of the molecule is CC(OC(=O)C=Cc1cccc2cccnc12)C(=O)c1ccc(NC(=O)C(C)(C)C)cc1. The minimum atomic E-state index is -0.951. The molecular weight excluding hydrogens is 404 g/mol. The number of Topliss-reactive ketones (excluding diaryl/α,β-unsaturated/α-hetero) is 1. The van der Waals surface area contributed by atoms with Crippen LogP contribution in [0.5, 0.6) is 0 Å². The van der Waals surface area contributed by atoms with E-state index in [1.54, 1.807) is 36.5 Å². The maximum atomic E-state index is 12.6. The van der Waals surface area contributed by atoms with Crippen LogP contribution in [0.2, 0.25) is 0 Å². The molecule has 2 aromatic carbocycles. The first-order valence-corrected chi connectivity index (χ1v) is 10.3. The number of aromatic nitrogens is 1. The molecule has 0 spiro atoms. The summed E-state index contributed by atoms with van der Waals surface area (Å²) >= 11 is 0. The predicted molar refractivity (Wildman–Crippen MR) is 125 cm³/mol. The number of rotatable bonds is 6. The summed E-state index contributed by atoms with van der Waals surface area (Å²) < 4.78 is 5.27. The molecule has 1 unspecified atom stereocenters. The summed E-state index contributed by atoms with van der Waals surface area (Å²) in [5.41, 5.74) is 2.03. The number of hydrogen-bond acceptors (Lipinski definition) is 5. The van der Waals surface area contributed by atoms with Crippen LogP contribution < -0.4 is 5.32 Å². The number of carbonyl (C=O) groups is 3. The number of nitrogens with zero attached hydrogens (tertiary/aromatic N) is 1. The number of esters is 1. The Balaban J connectivity index is 1.62. The number of benzene rings is 2. The van der Waals surface area contributed by atoms with E-state index >= 15 is 0 Å². The lowest BCUT2D eigenvalue weighted by Crippen LogP contribution is -2.27. The molecule has 0 aliphatic heterocycles. The van der Waals surface area contributed by atoms with Crippen LogP contribution in [0.25, 0.3) is 17.0 Å². The standard InChI is InChI=1S/C26H26N2O4/c1-17(24(30)20-10-13-21(14-11-20)28-25(31)26(2,3)4)32-22(29)15-12-19-8-5-7-18-9-6-16-27-23(18)19/h5-17H,1-4H3,(H,28,31).